The average molecular weight is 418 g/mol. The molecule has 2 aromatic rings. The van der Waals surface area contributed by atoms with Crippen LogP contribution in [0.1, 0.15) is 23.7 Å². The average Bonchev–Trinajstić information content (AvgIpc) is 2.67. The number of carbonyl (C=O) groups excluding carboxylic acids is 1. The molecule has 150 valence electrons. The topological polar surface area (TPSA) is 140 Å². The third-order valence-electron chi connectivity index (χ3n) is 3.77. The van der Waals surface area contributed by atoms with Crippen LogP contribution in [0.3, 0.4) is 0 Å². The quantitative estimate of drug-likeness (QED) is 0.415. The molecule has 0 aliphatic carbocycles. The lowest BCUT2D eigenvalue weighted by molar-refractivity contribution is -0.384. The van der Waals surface area contributed by atoms with Gasteiger partial charge in [-0.3, -0.25) is 19.7 Å². The second-order valence-electron chi connectivity index (χ2n) is 5.72. The Balaban J connectivity index is 2.17. The zero-order chi connectivity index (χ0) is 21.6. The number of benzene rings is 1. The molecular formula is C18H16ClN5O5. The Labute approximate surface area is 170 Å². The molecule has 0 aliphatic rings. The maximum Gasteiger partial charge on any atom is 0.272 e. The smallest absolute Gasteiger partial charge is 0.272 e. The number of nitriles is 1. The van der Waals surface area contributed by atoms with Gasteiger partial charge in [-0.05, 0) is 19.9 Å². The van der Waals surface area contributed by atoms with Crippen molar-refractivity contribution < 1.29 is 14.5 Å². The number of halogens is 1. The van der Waals surface area contributed by atoms with Crippen molar-refractivity contribution in [1.29, 1.82) is 5.26 Å². The Hall–Kier alpha value is -3.71. The van der Waals surface area contributed by atoms with Gasteiger partial charge in [0.1, 0.15) is 18.4 Å². The molecule has 0 saturated heterocycles. The molecule has 1 heterocycles. The molecule has 0 unspecified atom stereocenters. The zero-order valence-corrected chi connectivity index (χ0v) is 16.3. The number of hydrogen-bond acceptors (Lipinski definition) is 7. The van der Waals surface area contributed by atoms with E-state index < -0.39 is 16.4 Å². The number of hydrazone groups is 1. The number of carbonyl (C=O) groups is 1. The Morgan fingerprint density at radius 2 is 2.21 bits per heavy atom. The molecule has 1 amide bonds. The van der Waals surface area contributed by atoms with Gasteiger partial charge in [0.25, 0.3) is 17.2 Å². The van der Waals surface area contributed by atoms with E-state index in [9.17, 15) is 25.0 Å². The van der Waals surface area contributed by atoms with Crippen LogP contribution in [0.25, 0.3) is 0 Å². The highest BCUT2D eigenvalue weighted by Gasteiger charge is 2.16. The van der Waals surface area contributed by atoms with E-state index in [4.69, 9.17) is 16.3 Å². The number of pyridine rings is 1. The highest BCUT2D eigenvalue weighted by atomic mass is 35.5. The van der Waals surface area contributed by atoms with Gasteiger partial charge in [-0.15, -0.1) is 0 Å². The lowest BCUT2D eigenvalue weighted by atomic mass is 10.2. The molecule has 0 saturated carbocycles. The molecule has 1 aromatic carbocycles. The third kappa shape index (κ3) is 5.18. The number of nitrogens with zero attached hydrogens (tertiary/aromatic N) is 4. The highest BCUT2D eigenvalue weighted by Crippen LogP contribution is 2.20. The monoisotopic (exact) mass is 417 g/mol. The second kappa shape index (κ2) is 9.48. The first-order valence-electron chi connectivity index (χ1n) is 8.31. The number of nitro benzene ring substituents is 1. The molecule has 1 aromatic heterocycles. The van der Waals surface area contributed by atoms with Crippen LogP contribution in [0, 0.1) is 28.4 Å². The van der Waals surface area contributed by atoms with Crippen LogP contribution in [0.15, 0.2) is 34.2 Å². The molecule has 0 bridgehead atoms. The predicted molar refractivity (Wildman–Crippen MR) is 105 cm³/mol. The number of amides is 1. The lowest BCUT2D eigenvalue weighted by Gasteiger charge is -2.12. The summed E-state index contributed by atoms with van der Waals surface area (Å²) in [5.41, 5.74) is 1.85. The third-order valence-corrected chi connectivity index (χ3v) is 4.11. The first kappa shape index (κ1) is 21.6. The summed E-state index contributed by atoms with van der Waals surface area (Å²) >= 11 is 5.95. The maximum absolute atomic E-state index is 12.5. The van der Waals surface area contributed by atoms with Gasteiger partial charge in [0.15, 0.2) is 5.56 Å². The van der Waals surface area contributed by atoms with Crippen LogP contribution in [-0.4, -0.2) is 28.2 Å². The molecule has 0 aliphatic heterocycles. The van der Waals surface area contributed by atoms with Crippen LogP contribution in [0.2, 0.25) is 5.02 Å². The van der Waals surface area contributed by atoms with Gasteiger partial charge in [-0.1, -0.05) is 11.6 Å². The van der Waals surface area contributed by atoms with Crippen molar-refractivity contribution in [3.63, 3.8) is 0 Å². The summed E-state index contributed by atoms with van der Waals surface area (Å²) < 4.78 is 6.40. The minimum atomic E-state index is -0.656. The van der Waals surface area contributed by atoms with E-state index >= 15 is 0 Å². The first-order chi connectivity index (χ1) is 13.8. The number of ether oxygens (including phenoxy) is 1. The molecule has 10 nitrogen and oxygen atoms in total. The normalized spacial score (nSPS) is 10.6. The lowest BCUT2D eigenvalue weighted by Crippen LogP contribution is -2.32. The minimum Gasteiger partial charge on any atom is -0.492 e. The summed E-state index contributed by atoms with van der Waals surface area (Å²) in [6, 6.07) is 7.08. The van der Waals surface area contributed by atoms with Crippen LogP contribution in [0.5, 0.6) is 5.75 Å². The van der Waals surface area contributed by atoms with E-state index in [0.717, 1.165) is 10.8 Å². The van der Waals surface area contributed by atoms with E-state index in [2.05, 4.69) is 10.5 Å². The van der Waals surface area contributed by atoms with Crippen molar-refractivity contribution >= 4 is 29.4 Å². The first-order valence-corrected chi connectivity index (χ1v) is 8.69. The van der Waals surface area contributed by atoms with Crippen molar-refractivity contribution in [1.82, 2.24) is 9.99 Å². The number of aromatic nitrogens is 1. The van der Waals surface area contributed by atoms with E-state index in [1.165, 1.54) is 24.3 Å². The van der Waals surface area contributed by atoms with Gasteiger partial charge < -0.3 is 9.30 Å². The van der Waals surface area contributed by atoms with Gasteiger partial charge >= 0.3 is 0 Å². The molecule has 29 heavy (non-hydrogen) atoms. The van der Waals surface area contributed by atoms with Crippen molar-refractivity contribution in [2.45, 2.75) is 20.4 Å². The standard InChI is InChI=1S/C18H16ClN5O5/c1-3-29-16-6-11(2)23(18(26)14(16)8-20)10-17(25)22-21-9-12-7-13(24(27)28)4-5-15(12)19/h4-7,9H,3,10H2,1-2H3,(H,22,25)/b21-9+. The van der Waals surface area contributed by atoms with E-state index in [-0.39, 0.29) is 40.7 Å². The molecule has 11 heteroatoms. The molecule has 2 rings (SSSR count). The zero-order valence-electron chi connectivity index (χ0n) is 15.5. The van der Waals surface area contributed by atoms with Crippen LogP contribution < -0.4 is 15.7 Å². The predicted octanol–water partition coefficient (Wildman–Crippen LogP) is 2.14. The Morgan fingerprint density at radius 3 is 2.83 bits per heavy atom. The summed E-state index contributed by atoms with van der Waals surface area (Å²) in [7, 11) is 0. The maximum atomic E-state index is 12.5. The molecule has 0 atom stereocenters. The van der Waals surface area contributed by atoms with Crippen molar-refractivity contribution in [2.75, 3.05) is 6.61 Å². The number of nitro groups is 1. The minimum absolute atomic E-state index is 0.160. The van der Waals surface area contributed by atoms with E-state index in [1.807, 2.05) is 0 Å². The van der Waals surface area contributed by atoms with Gasteiger partial charge in [0, 0.05) is 34.5 Å². The van der Waals surface area contributed by atoms with E-state index in [0.29, 0.717) is 5.69 Å². The van der Waals surface area contributed by atoms with Gasteiger partial charge in [-0.2, -0.15) is 10.4 Å². The fourth-order valence-corrected chi connectivity index (χ4v) is 2.57. The fraction of sp³-hybridized carbons (Fsp3) is 0.222. The Kier molecular flexibility index (Phi) is 7.05. The Bertz CT molecular complexity index is 1090. The van der Waals surface area contributed by atoms with E-state index in [1.54, 1.807) is 19.9 Å². The summed E-state index contributed by atoms with van der Waals surface area (Å²) in [4.78, 5) is 34.8. The summed E-state index contributed by atoms with van der Waals surface area (Å²) in [6.07, 6.45) is 1.15. The van der Waals surface area contributed by atoms with Crippen LogP contribution in [-0.2, 0) is 11.3 Å². The number of hydrogen-bond donors (Lipinski definition) is 1. The molecule has 0 spiro atoms. The summed E-state index contributed by atoms with van der Waals surface area (Å²) in [5.74, 6) is -0.478. The van der Waals surface area contributed by atoms with Gasteiger partial charge in [0.2, 0.25) is 0 Å². The van der Waals surface area contributed by atoms with Crippen molar-refractivity contribution in [2.24, 2.45) is 5.10 Å². The van der Waals surface area contributed by atoms with Crippen molar-refractivity contribution in [3.8, 4) is 11.8 Å². The summed E-state index contributed by atoms with van der Waals surface area (Å²) in [5, 5.41) is 23.9. The number of non-ortho nitro benzene ring substituents is 1. The molecule has 1 N–H and O–H groups in total. The molecule has 0 fully saturated rings. The van der Waals surface area contributed by atoms with Crippen LogP contribution >= 0.6 is 11.6 Å². The second-order valence-corrected chi connectivity index (χ2v) is 6.12. The SMILES string of the molecule is CCOc1cc(C)n(CC(=O)N/N=C/c2cc([N+](=O)[O-])ccc2Cl)c(=O)c1C#N. The van der Waals surface area contributed by atoms with Crippen LogP contribution in [0.4, 0.5) is 5.69 Å². The molecular weight excluding hydrogens is 402 g/mol. The van der Waals surface area contributed by atoms with Gasteiger partial charge in [-0.25, -0.2) is 5.43 Å². The molecule has 0 radical (unpaired) electrons. The summed E-state index contributed by atoms with van der Waals surface area (Å²) in [6.45, 7) is 3.23. The number of rotatable bonds is 7. The number of aryl methyl sites for hydroxylation is 1. The Morgan fingerprint density at radius 1 is 1.48 bits per heavy atom. The van der Waals surface area contributed by atoms with Gasteiger partial charge in [0.05, 0.1) is 17.7 Å². The van der Waals surface area contributed by atoms with Crippen molar-refractivity contribution in [3.05, 3.63) is 66.6 Å². The largest absolute Gasteiger partial charge is 0.492 e. The highest BCUT2D eigenvalue weighted by molar-refractivity contribution is 6.33. The fourth-order valence-electron chi connectivity index (χ4n) is 2.41. The number of nitrogens with one attached hydrogen (secondary N) is 1.